The lowest BCUT2D eigenvalue weighted by molar-refractivity contribution is -0.140. The normalized spacial score (nSPS) is 12.4. The lowest BCUT2D eigenvalue weighted by atomic mass is 10.0. The minimum atomic E-state index is -0.807. The first-order valence-corrected chi connectivity index (χ1v) is 8.43. The van der Waals surface area contributed by atoms with Crippen LogP contribution in [0.2, 0.25) is 0 Å². The molecular formula is C21H21N3O2. The number of aromatic amines is 1. The van der Waals surface area contributed by atoms with Crippen LogP contribution in [0.1, 0.15) is 18.1 Å². The average molecular weight is 347 g/mol. The summed E-state index contributed by atoms with van der Waals surface area (Å²) in [5.41, 5.74) is 8.97. The topological polar surface area (TPSA) is 79.2 Å². The van der Waals surface area contributed by atoms with E-state index in [1.807, 2.05) is 60.8 Å². The Morgan fingerprint density at radius 1 is 1.12 bits per heavy atom. The molecule has 1 atom stereocenters. The zero-order chi connectivity index (χ0) is 18.5. The van der Waals surface area contributed by atoms with Gasteiger partial charge in [-0.25, -0.2) is 0 Å². The van der Waals surface area contributed by atoms with E-state index in [1.165, 1.54) is 13.1 Å². The van der Waals surface area contributed by atoms with Gasteiger partial charge in [-0.3, -0.25) is 14.5 Å². The van der Waals surface area contributed by atoms with Gasteiger partial charge in [0.2, 0.25) is 5.91 Å². The zero-order valence-corrected chi connectivity index (χ0v) is 14.6. The maximum atomic E-state index is 12.7. The predicted octanol–water partition coefficient (Wildman–Crippen LogP) is 3.08. The summed E-state index contributed by atoms with van der Waals surface area (Å²) in [6.45, 7) is 1.35. The monoisotopic (exact) mass is 347 g/mol. The fraction of sp³-hybridized carbons (Fsp3) is 0.143. The van der Waals surface area contributed by atoms with Gasteiger partial charge in [-0.05, 0) is 29.7 Å². The second kappa shape index (κ2) is 7.80. The van der Waals surface area contributed by atoms with Crippen LogP contribution in [-0.2, 0) is 16.0 Å². The van der Waals surface area contributed by atoms with Crippen LogP contribution in [0.25, 0.3) is 17.0 Å². The van der Waals surface area contributed by atoms with E-state index in [4.69, 9.17) is 5.73 Å². The highest BCUT2D eigenvalue weighted by Crippen LogP contribution is 2.19. The van der Waals surface area contributed by atoms with Crippen LogP contribution < -0.4 is 5.73 Å². The quantitative estimate of drug-likeness (QED) is 0.744. The van der Waals surface area contributed by atoms with E-state index < -0.39 is 11.9 Å². The summed E-state index contributed by atoms with van der Waals surface area (Å²) in [5.74, 6) is -0.786. The van der Waals surface area contributed by atoms with Gasteiger partial charge in [0.15, 0.2) is 0 Å². The number of carbonyl (C=O) groups is 2. The molecule has 3 rings (SSSR count). The summed E-state index contributed by atoms with van der Waals surface area (Å²) in [7, 11) is 0. The predicted molar refractivity (Wildman–Crippen MR) is 103 cm³/mol. The van der Waals surface area contributed by atoms with Crippen molar-refractivity contribution in [2.75, 3.05) is 0 Å². The molecule has 0 radical (unpaired) electrons. The van der Waals surface area contributed by atoms with E-state index in [2.05, 4.69) is 4.98 Å². The minimum absolute atomic E-state index is 0.353. The fourth-order valence-electron chi connectivity index (χ4n) is 2.86. The molecule has 0 bridgehead atoms. The highest BCUT2D eigenvalue weighted by molar-refractivity contribution is 5.99. The number of nitrogens with one attached hydrogen (secondary N) is 1. The van der Waals surface area contributed by atoms with Crippen LogP contribution in [-0.4, -0.2) is 27.7 Å². The lowest BCUT2D eigenvalue weighted by Gasteiger charge is -2.19. The number of para-hydroxylation sites is 1. The smallest absolute Gasteiger partial charge is 0.250 e. The molecule has 0 aliphatic rings. The fourth-order valence-corrected chi connectivity index (χ4v) is 2.86. The SMILES string of the molecule is CC(=O)N(/C=C/c1ccccc1)C(=O)[C@@H](N)Cc1c[nH]c2ccccc12. The Bertz CT molecular complexity index is 944. The van der Waals surface area contributed by atoms with Crippen LogP contribution in [0.5, 0.6) is 0 Å². The van der Waals surface area contributed by atoms with Crippen molar-refractivity contribution in [3.8, 4) is 0 Å². The van der Waals surface area contributed by atoms with Gasteiger partial charge in [0.25, 0.3) is 5.91 Å². The van der Waals surface area contributed by atoms with Crippen molar-refractivity contribution in [2.45, 2.75) is 19.4 Å². The van der Waals surface area contributed by atoms with Crippen molar-refractivity contribution in [1.29, 1.82) is 0 Å². The number of hydrogen-bond acceptors (Lipinski definition) is 3. The highest BCUT2D eigenvalue weighted by Gasteiger charge is 2.23. The molecule has 1 heterocycles. The molecule has 5 heteroatoms. The number of nitrogens with two attached hydrogens (primary N) is 1. The maximum absolute atomic E-state index is 12.7. The molecule has 3 N–H and O–H groups in total. The largest absolute Gasteiger partial charge is 0.361 e. The van der Waals surface area contributed by atoms with Crippen LogP contribution in [0.4, 0.5) is 0 Å². The molecule has 0 spiro atoms. The molecule has 26 heavy (non-hydrogen) atoms. The molecule has 1 aromatic heterocycles. The van der Waals surface area contributed by atoms with Crippen molar-refractivity contribution in [1.82, 2.24) is 9.88 Å². The minimum Gasteiger partial charge on any atom is -0.361 e. The molecule has 0 aliphatic heterocycles. The molecule has 5 nitrogen and oxygen atoms in total. The van der Waals surface area contributed by atoms with Gasteiger partial charge >= 0.3 is 0 Å². The molecule has 0 saturated carbocycles. The number of imide groups is 1. The molecule has 0 aliphatic carbocycles. The molecule has 0 saturated heterocycles. The summed E-state index contributed by atoms with van der Waals surface area (Å²) in [4.78, 5) is 28.9. The molecule has 3 aromatic rings. The third-order valence-corrected chi connectivity index (χ3v) is 4.22. The molecule has 2 aromatic carbocycles. The molecule has 0 fully saturated rings. The van der Waals surface area contributed by atoms with Crippen molar-refractivity contribution >= 4 is 28.8 Å². The number of H-pyrrole nitrogens is 1. The summed E-state index contributed by atoms with van der Waals surface area (Å²) < 4.78 is 0. The number of hydrogen-bond donors (Lipinski definition) is 2. The van der Waals surface area contributed by atoms with Crippen molar-refractivity contribution < 1.29 is 9.59 Å². The number of benzene rings is 2. The van der Waals surface area contributed by atoms with E-state index in [0.29, 0.717) is 6.42 Å². The number of aromatic nitrogens is 1. The van der Waals surface area contributed by atoms with Gasteiger partial charge < -0.3 is 10.7 Å². The Morgan fingerprint density at radius 2 is 1.81 bits per heavy atom. The first-order valence-electron chi connectivity index (χ1n) is 8.43. The van der Waals surface area contributed by atoms with Crippen LogP contribution in [0, 0.1) is 0 Å². The number of rotatable bonds is 5. The molecule has 2 amide bonds. The van der Waals surface area contributed by atoms with Crippen molar-refractivity contribution in [3.05, 3.63) is 78.1 Å². The van der Waals surface area contributed by atoms with Gasteiger partial charge in [0.05, 0.1) is 6.04 Å². The number of amides is 2. The van der Waals surface area contributed by atoms with Gasteiger partial charge in [-0.1, -0.05) is 48.5 Å². The van der Waals surface area contributed by atoms with E-state index in [0.717, 1.165) is 26.9 Å². The summed E-state index contributed by atoms with van der Waals surface area (Å²) >= 11 is 0. The Morgan fingerprint density at radius 3 is 2.54 bits per heavy atom. The van der Waals surface area contributed by atoms with Crippen molar-refractivity contribution in [2.24, 2.45) is 5.73 Å². The number of nitrogens with zero attached hydrogens (tertiary/aromatic N) is 1. The van der Waals surface area contributed by atoms with Gasteiger partial charge in [0, 0.05) is 30.2 Å². The third-order valence-electron chi connectivity index (χ3n) is 4.22. The van der Waals surface area contributed by atoms with E-state index in [-0.39, 0.29) is 5.91 Å². The second-order valence-electron chi connectivity index (χ2n) is 6.12. The summed E-state index contributed by atoms with van der Waals surface area (Å²) in [5, 5.41) is 1.03. The Hall–Kier alpha value is -3.18. The van der Waals surface area contributed by atoms with Gasteiger partial charge in [-0.15, -0.1) is 0 Å². The average Bonchev–Trinajstić information content (AvgIpc) is 3.05. The highest BCUT2D eigenvalue weighted by atomic mass is 16.2. The third kappa shape index (κ3) is 3.90. The summed E-state index contributed by atoms with van der Waals surface area (Å²) in [6, 6.07) is 16.5. The van der Waals surface area contributed by atoms with Crippen LogP contribution >= 0.6 is 0 Å². The standard InChI is InChI=1S/C21H21N3O2/c1-15(25)24(12-11-16-7-3-2-4-8-16)21(26)19(22)13-17-14-23-20-10-6-5-9-18(17)20/h2-12,14,19,23H,13,22H2,1H3/b12-11+/t19-/m0/s1. The Kier molecular flexibility index (Phi) is 5.29. The first-order chi connectivity index (χ1) is 12.6. The Balaban J connectivity index is 1.76. The number of fused-ring (bicyclic) bond motifs is 1. The molecule has 0 unspecified atom stereocenters. The summed E-state index contributed by atoms with van der Waals surface area (Å²) in [6.07, 6.45) is 5.41. The van der Waals surface area contributed by atoms with Crippen LogP contribution in [0.15, 0.2) is 67.0 Å². The van der Waals surface area contributed by atoms with Crippen molar-refractivity contribution in [3.63, 3.8) is 0 Å². The maximum Gasteiger partial charge on any atom is 0.250 e. The van der Waals surface area contributed by atoms with E-state index in [9.17, 15) is 9.59 Å². The molecule has 132 valence electrons. The van der Waals surface area contributed by atoms with Crippen LogP contribution in [0.3, 0.4) is 0 Å². The number of carbonyl (C=O) groups excluding carboxylic acids is 2. The van der Waals surface area contributed by atoms with Gasteiger partial charge in [-0.2, -0.15) is 0 Å². The zero-order valence-electron chi connectivity index (χ0n) is 14.6. The Labute approximate surface area is 152 Å². The molecular weight excluding hydrogens is 326 g/mol. The van der Waals surface area contributed by atoms with E-state index in [1.54, 1.807) is 6.08 Å². The van der Waals surface area contributed by atoms with Gasteiger partial charge in [0.1, 0.15) is 0 Å². The van der Waals surface area contributed by atoms with E-state index >= 15 is 0 Å². The lowest BCUT2D eigenvalue weighted by Crippen LogP contribution is -2.44. The first kappa shape index (κ1) is 17.6. The second-order valence-corrected chi connectivity index (χ2v) is 6.12.